The Morgan fingerprint density at radius 1 is 1.22 bits per heavy atom. The van der Waals surface area contributed by atoms with Crippen LogP contribution in [0.15, 0.2) is 36.4 Å². The Balaban J connectivity index is 1.74. The summed E-state index contributed by atoms with van der Waals surface area (Å²) in [6, 6.07) is 8.26. The number of ether oxygens (including phenoxy) is 2. The molecule has 1 heterocycles. The smallest absolute Gasteiger partial charge is 0.387 e. The summed E-state index contributed by atoms with van der Waals surface area (Å²) in [5.74, 6) is -1.24. The van der Waals surface area contributed by atoms with Crippen molar-refractivity contribution in [1.82, 2.24) is 0 Å². The van der Waals surface area contributed by atoms with Crippen molar-refractivity contribution in [3.05, 3.63) is 53.3 Å². The molecule has 0 saturated heterocycles. The van der Waals surface area contributed by atoms with E-state index >= 15 is 0 Å². The average molecular weight is 323 g/mol. The highest BCUT2D eigenvalue weighted by atomic mass is 19.3. The summed E-state index contributed by atoms with van der Waals surface area (Å²) < 4.78 is 47.1. The maximum atomic E-state index is 13.6. The first-order valence-corrected chi connectivity index (χ1v) is 6.84. The molecule has 0 fully saturated rings. The van der Waals surface area contributed by atoms with Crippen LogP contribution in [0.3, 0.4) is 0 Å². The summed E-state index contributed by atoms with van der Waals surface area (Å²) in [6.45, 7) is -2.53. The summed E-state index contributed by atoms with van der Waals surface area (Å²) >= 11 is 0. The van der Waals surface area contributed by atoms with Gasteiger partial charge in [-0.2, -0.15) is 8.78 Å². The van der Waals surface area contributed by atoms with Crippen molar-refractivity contribution in [3.8, 4) is 11.5 Å². The summed E-state index contributed by atoms with van der Waals surface area (Å²) in [4.78, 5) is 12.2. The van der Waals surface area contributed by atoms with Gasteiger partial charge >= 0.3 is 6.61 Å². The van der Waals surface area contributed by atoms with Crippen molar-refractivity contribution < 1.29 is 27.4 Å². The van der Waals surface area contributed by atoms with E-state index in [0.717, 1.165) is 29.9 Å². The number of nitrogens with one attached hydrogen (secondary N) is 1. The van der Waals surface area contributed by atoms with Crippen LogP contribution in [0.4, 0.5) is 18.9 Å². The lowest BCUT2D eigenvalue weighted by atomic mass is 10.1. The van der Waals surface area contributed by atoms with Crippen molar-refractivity contribution in [2.24, 2.45) is 0 Å². The predicted octanol–water partition coefficient (Wildman–Crippen LogP) is 3.61. The van der Waals surface area contributed by atoms with Crippen molar-refractivity contribution >= 4 is 11.6 Å². The molecule has 1 N–H and O–H groups in total. The van der Waals surface area contributed by atoms with E-state index in [1.807, 2.05) is 0 Å². The molecule has 7 heteroatoms. The van der Waals surface area contributed by atoms with Gasteiger partial charge in [0.25, 0.3) is 5.91 Å². The van der Waals surface area contributed by atoms with Gasteiger partial charge in [-0.05, 0) is 35.9 Å². The van der Waals surface area contributed by atoms with Gasteiger partial charge in [-0.3, -0.25) is 4.79 Å². The van der Waals surface area contributed by atoms with Gasteiger partial charge in [-0.1, -0.05) is 0 Å². The van der Waals surface area contributed by atoms with Gasteiger partial charge in [0.2, 0.25) is 0 Å². The fourth-order valence-corrected chi connectivity index (χ4v) is 2.30. The topological polar surface area (TPSA) is 47.6 Å². The maximum absolute atomic E-state index is 13.6. The molecule has 0 saturated carbocycles. The van der Waals surface area contributed by atoms with Crippen LogP contribution in [0.25, 0.3) is 0 Å². The minimum absolute atomic E-state index is 0.144. The molecule has 0 spiro atoms. The number of rotatable bonds is 4. The zero-order valence-corrected chi connectivity index (χ0v) is 11.8. The molecule has 1 aliphatic heterocycles. The van der Waals surface area contributed by atoms with Crippen LogP contribution in [0.1, 0.15) is 15.9 Å². The second kappa shape index (κ2) is 6.20. The number of hydrogen-bond acceptors (Lipinski definition) is 3. The van der Waals surface area contributed by atoms with E-state index < -0.39 is 24.1 Å². The summed E-state index contributed by atoms with van der Waals surface area (Å²) in [5.41, 5.74) is 1.48. The molecular weight excluding hydrogens is 311 g/mol. The Kier molecular flexibility index (Phi) is 4.10. The Bertz CT molecular complexity index is 749. The molecule has 0 unspecified atom stereocenters. The molecule has 2 aromatic rings. The van der Waals surface area contributed by atoms with Crippen LogP contribution in [-0.4, -0.2) is 19.1 Å². The van der Waals surface area contributed by atoms with E-state index in [1.165, 1.54) is 6.07 Å². The SMILES string of the molecule is O=C(Nc1ccc(OC(F)F)c(F)c1)c1ccc2c(c1)CCO2. The molecule has 0 bridgehead atoms. The predicted molar refractivity (Wildman–Crippen MR) is 76.6 cm³/mol. The Morgan fingerprint density at radius 3 is 2.78 bits per heavy atom. The second-order valence-corrected chi connectivity index (χ2v) is 4.90. The zero-order chi connectivity index (χ0) is 16.4. The third-order valence-corrected chi connectivity index (χ3v) is 3.36. The van der Waals surface area contributed by atoms with E-state index in [4.69, 9.17) is 4.74 Å². The summed E-state index contributed by atoms with van der Waals surface area (Å²) in [5, 5.41) is 2.51. The van der Waals surface area contributed by atoms with Crippen LogP contribution in [-0.2, 0) is 6.42 Å². The highest BCUT2D eigenvalue weighted by molar-refractivity contribution is 6.04. The van der Waals surface area contributed by atoms with Gasteiger partial charge in [0.15, 0.2) is 11.6 Å². The van der Waals surface area contributed by atoms with Gasteiger partial charge in [0, 0.05) is 23.7 Å². The normalized spacial score (nSPS) is 12.7. The Labute approximate surface area is 129 Å². The second-order valence-electron chi connectivity index (χ2n) is 4.90. The van der Waals surface area contributed by atoms with Crippen LogP contribution in [0, 0.1) is 5.82 Å². The molecule has 2 aromatic carbocycles. The molecular formula is C16H12F3NO3. The lowest BCUT2D eigenvalue weighted by Gasteiger charge is -2.09. The van der Waals surface area contributed by atoms with Gasteiger partial charge < -0.3 is 14.8 Å². The van der Waals surface area contributed by atoms with Crippen molar-refractivity contribution in [2.75, 3.05) is 11.9 Å². The fraction of sp³-hybridized carbons (Fsp3) is 0.188. The van der Waals surface area contributed by atoms with Crippen LogP contribution < -0.4 is 14.8 Å². The number of amides is 1. The third kappa shape index (κ3) is 3.39. The lowest BCUT2D eigenvalue weighted by molar-refractivity contribution is -0.0521. The molecule has 0 atom stereocenters. The first kappa shape index (κ1) is 15.2. The Hall–Kier alpha value is -2.70. The average Bonchev–Trinajstić information content (AvgIpc) is 2.97. The standard InChI is InChI=1S/C16H12F3NO3/c17-12-8-11(2-4-14(12)23-16(18)19)20-15(21)10-1-3-13-9(7-10)5-6-22-13/h1-4,7-8,16H,5-6H2,(H,20,21). The summed E-state index contributed by atoms with van der Waals surface area (Å²) in [7, 11) is 0. The molecule has 23 heavy (non-hydrogen) atoms. The maximum Gasteiger partial charge on any atom is 0.387 e. The van der Waals surface area contributed by atoms with Gasteiger partial charge in [0.1, 0.15) is 5.75 Å². The van der Waals surface area contributed by atoms with Gasteiger partial charge in [-0.25, -0.2) is 4.39 Å². The number of benzene rings is 2. The van der Waals surface area contributed by atoms with Crippen LogP contribution >= 0.6 is 0 Å². The number of carbonyl (C=O) groups is 1. The monoisotopic (exact) mass is 323 g/mol. The zero-order valence-electron chi connectivity index (χ0n) is 11.8. The molecule has 0 radical (unpaired) electrons. The lowest BCUT2D eigenvalue weighted by Crippen LogP contribution is -2.12. The minimum atomic E-state index is -3.11. The molecule has 0 aliphatic carbocycles. The molecule has 1 amide bonds. The Morgan fingerprint density at radius 2 is 2.04 bits per heavy atom. The number of fused-ring (bicyclic) bond motifs is 1. The van der Waals surface area contributed by atoms with E-state index in [2.05, 4.69) is 10.1 Å². The quantitative estimate of drug-likeness (QED) is 0.935. The molecule has 0 aromatic heterocycles. The van der Waals surface area contributed by atoms with Crippen LogP contribution in [0.5, 0.6) is 11.5 Å². The van der Waals surface area contributed by atoms with Crippen molar-refractivity contribution in [3.63, 3.8) is 0 Å². The molecule has 4 nitrogen and oxygen atoms in total. The first-order valence-electron chi connectivity index (χ1n) is 6.84. The number of alkyl halides is 2. The van der Waals surface area contributed by atoms with E-state index in [9.17, 15) is 18.0 Å². The highest BCUT2D eigenvalue weighted by Gasteiger charge is 2.16. The first-order chi connectivity index (χ1) is 11.0. The van der Waals surface area contributed by atoms with Gasteiger partial charge in [-0.15, -0.1) is 0 Å². The fourth-order valence-electron chi connectivity index (χ4n) is 2.30. The van der Waals surface area contributed by atoms with Crippen molar-refractivity contribution in [2.45, 2.75) is 13.0 Å². The largest absolute Gasteiger partial charge is 0.493 e. The van der Waals surface area contributed by atoms with E-state index in [-0.39, 0.29) is 5.69 Å². The summed E-state index contributed by atoms with van der Waals surface area (Å²) in [6.07, 6.45) is 0.727. The number of halogens is 3. The number of carbonyl (C=O) groups excluding carboxylic acids is 1. The van der Waals surface area contributed by atoms with Crippen LogP contribution in [0.2, 0.25) is 0 Å². The molecule has 1 aliphatic rings. The van der Waals surface area contributed by atoms with E-state index in [0.29, 0.717) is 12.2 Å². The van der Waals surface area contributed by atoms with Gasteiger partial charge in [0.05, 0.1) is 6.61 Å². The minimum Gasteiger partial charge on any atom is -0.493 e. The molecule has 120 valence electrons. The number of anilines is 1. The highest BCUT2D eigenvalue weighted by Crippen LogP contribution is 2.27. The van der Waals surface area contributed by atoms with E-state index in [1.54, 1.807) is 18.2 Å². The third-order valence-electron chi connectivity index (χ3n) is 3.36. The molecule has 3 rings (SSSR count). The van der Waals surface area contributed by atoms with Crippen molar-refractivity contribution in [1.29, 1.82) is 0 Å². The number of hydrogen-bond donors (Lipinski definition) is 1.